The summed E-state index contributed by atoms with van der Waals surface area (Å²) in [4.78, 5) is 22.9. The van der Waals surface area contributed by atoms with E-state index < -0.39 is 5.97 Å². The summed E-state index contributed by atoms with van der Waals surface area (Å²) in [7, 11) is 1.44. The first-order valence-electron chi connectivity index (χ1n) is 12.1. The number of carbonyl (C=O) groups excluding carboxylic acids is 2. The zero-order valence-corrected chi connectivity index (χ0v) is 20.4. The van der Waals surface area contributed by atoms with Gasteiger partial charge >= 0.3 is 11.9 Å². The normalized spacial score (nSPS) is 11.8. The zero-order valence-electron chi connectivity index (χ0n) is 20.4. The minimum Gasteiger partial charge on any atom is -0.504 e. The lowest BCUT2D eigenvalue weighted by molar-refractivity contribution is -0.146. The summed E-state index contributed by atoms with van der Waals surface area (Å²) in [5.41, 5.74) is 0.523. The number of phenolic OH excluding ortho intramolecular Hbond substituents is 1. The molecule has 0 saturated carbocycles. The fraction of sp³-hybridized carbons (Fsp3) is 0.692. The van der Waals surface area contributed by atoms with E-state index in [2.05, 4.69) is 6.92 Å². The van der Waals surface area contributed by atoms with Gasteiger partial charge in [-0.2, -0.15) is 0 Å². The van der Waals surface area contributed by atoms with Gasteiger partial charge in [-0.3, -0.25) is 9.59 Å². The van der Waals surface area contributed by atoms with Gasteiger partial charge < -0.3 is 19.3 Å². The third kappa shape index (κ3) is 12.0. The van der Waals surface area contributed by atoms with Crippen molar-refractivity contribution in [3.63, 3.8) is 0 Å². The zero-order chi connectivity index (χ0) is 23.8. The van der Waals surface area contributed by atoms with Gasteiger partial charge in [-0.15, -0.1) is 0 Å². The molecule has 0 radical (unpaired) electrons. The molecule has 1 aromatic carbocycles. The van der Waals surface area contributed by atoms with Crippen LogP contribution in [-0.2, 0) is 20.7 Å². The molecule has 0 aromatic heterocycles. The van der Waals surface area contributed by atoms with Crippen molar-refractivity contribution in [2.24, 2.45) is 0 Å². The van der Waals surface area contributed by atoms with E-state index in [-0.39, 0.29) is 23.6 Å². The molecule has 32 heavy (non-hydrogen) atoms. The van der Waals surface area contributed by atoms with Crippen LogP contribution < -0.4 is 9.47 Å². The molecule has 0 bridgehead atoms. The highest BCUT2D eigenvalue weighted by atomic mass is 16.5. The molecule has 0 aliphatic rings. The second-order valence-corrected chi connectivity index (χ2v) is 8.49. The molecule has 0 unspecified atom stereocenters. The number of rotatable bonds is 17. The number of ether oxygens (including phenoxy) is 3. The number of carbonyl (C=O) groups is 2. The molecule has 1 N–H and O–H groups in total. The fourth-order valence-corrected chi connectivity index (χ4v) is 3.89. The van der Waals surface area contributed by atoms with Crippen LogP contribution in [0.1, 0.15) is 103 Å². The number of unbranched alkanes of at least 4 members (excludes halogenated alkanes) is 10. The van der Waals surface area contributed by atoms with Gasteiger partial charge in [-0.25, -0.2) is 0 Å². The lowest BCUT2D eigenvalue weighted by atomic mass is 10.00. The van der Waals surface area contributed by atoms with Crippen LogP contribution in [0.2, 0.25) is 0 Å². The minimum atomic E-state index is -0.457. The molecule has 0 amide bonds. The quantitative estimate of drug-likeness (QED) is 0.166. The standard InChI is InChI=1S/C26H42O6/c1-5-6-7-8-9-10-11-12-13-14-15-16-23(31-20(2)27)17-22-18-24(32-21(3)28)19-25(30-4)26(22)29/h18-19,23,29H,5-17H2,1-4H3/t23-/m1/s1. The number of hydrogen-bond acceptors (Lipinski definition) is 6. The van der Waals surface area contributed by atoms with E-state index in [9.17, 15) is 14.7 Å². The van der Waals surface area contributed by atoms with Gasteiger partial charge in [0.15, 0.2) is 11.5 Å². The highest BCUT2D eigenvalue weighted by Gasteiger charge is 2.19. The SMILES string of the molecule is CCCCCCCCCCCCC[C@H](Cc1cc(OC(C)=O)cc(OC)c1O)OC(C)=O. The van der Waals surface area contributed by atoms with Crippen LogP contribution in [-0.4, -0.2) is 30.3 Å². The smallest absolute Gasteiger partial charge is 0.308 e. The Morgan fingerprint density at radius 1 is 0.875 bits per heavy atom. The van der Waals surface area contributed by atoms with Gasteiger partial charge in [-0.05, 0) is 18.9 Å². The highest BCUT2D eigenvalue weighted by Crippen LogP contribution is 2.36. The van der Waals surface area contributed by atoms with Gasteiger partial charge in [0.1, 0.15) is 11.9 Å². The van der Waals surface area contributed by atoms with E-state index in [1.54, 1.807) is 6.07 Å². The lowest BCUT2D eigenvalue weighted by Gasteiger charge is -2.19. The van der Waals surface area contributed by atoms with E-state index in [0.29, 0.717) is 17.7 Å². The molecule has 6 nitrogen and oxygen atoms in total. The fourth-order valence-electron chi connectivity index (χ4n) is 3.89. The first-order chi connectivity index (χ1) is 15.4. The van der Waals surface area contributed by atoms with Crippen LogP contribution in [0.4, 0.5) is 0 Å². The van der Waals surface area contributed by atoms with E-state index in [1.807, 2.05) is 0 Å². The van der Waals surface area contributed by atoms with Crippen LogP contribution in [0.3, 0.4) is 0 Å². The van der Waals surface area contributed by atoms with Crippen LogP contribution >= 0.6 is 0 Å². The summed E-state index contributed by atoms with van der Waals surface area (Å²) in [6.07, 6.45) is 14.5. The van der Waals surface area contributed by atoms with Gasteiger partial charge in [0.05, 0.1) is 7.11 Å². The van der Waals surface area contributed by atoms with Crippen LogP contribution in [0, 0.1) is 0 Å². The molecule has 0 saturated heterocycles. The Labute approximate surface area is 193 Å². The number of esters is 2. The predicted molar refractivity (Wildman–Crippen MR) is 126 cm³/mol. The Morgan fingerprint density at radius 2 is 1.44 bits per heavy atom. The van der Waals surface area contributed by atoms with E-state index in [4.69, 9.17) is 14.2 Å². The highest BCUT2D eigenvalue weighted by molar-refractivity contribution is 5.70. The summed E-state index contributed by atoms with van der Waals surface area (Å²) in [5, 5.41) is 10.5. The van der Waals surface area contributed by atoms with E-state index in [0.717, 1.165) is 19.3 Å². The average molecular weight is 451 g/mol. The number of methoxy groups -OCH3 is 1. The van der Waals surface area contributed by atoms with Crippen molar-refractivity contribution in [2.45, 2.75) is 110 Å². The average Bonchev–Trinajstić information content (AvgIpc) is 2.73. The molecule has 0 spiro atoms. The van der Waals surface area contributed by atoms with Gasteiger partial charge in [0, 0.05) is 31.9 Å². The van der Waals surface area contributed by atoms with Crippen molar-refractivity contribution in [3.8, 4) is 17.2 Å². The summed E-state index contributed by atoms with van der Waals surface area (Å²) in [5.74, 6) is -0.324. The summed E-state index contributed by atoms with van der Waals surface area (Å²) in [6, 6.07) is 3.06. The summed E-state index contributed by atoms with van der Waals surface area (Å²) in [6.45, 7) is 4.95. The molecule has 0 fully saturated rings. The molecule has 0 heterocycles. The topological polar surface area (TPSA) is 82.1 Å². The van der Waals surface area contributed by atoms with Crippen molar-refractivity contribution in [2.75, 3.05) is 7.11 Å². The number of phenols is 1. The van der Waals surface area contributed by atoms with E-state index in [1.165, 1.54) is 84.8 Å². The first kappa shape index (κ1) is 27.8. The third-order valence-corrected chi connectivity index (χ3v) is 5.52. The van der Waals surface area contributed by atoms with Crippen molar-refractivity contribution in [1.82, 2.24) is 0 Å². The second kappa shape index (κ2) is 16.4. The van der Waals surface area contributed by atoms with Crippen molar-refractivity contribution >= 4 is 11.9 Å². The van der Waals surface area contributed by atoms with Gasteiger partial charge in [0.2, 0.25) is 0 Å². The molecule has 1 rings (SSSR count). The maximum absolute atomic E-state index is 11.6. The molecule has 0 aliphatic heterocycles. The molecular weight excluding hydrogens is 408 g/mol. The Balaban J connectivity index is 2.51. The minimum absolute atomic E-state index is 0.0282. The number of benzene rings is 1. The third-order valence-electron chi connectivity index (χ3n) is 5.52. The van der Waals surface area contributed by atoms with Crippen LogP contribution in [0.15, 0.2) is 12.1 Å². The Kier molecular flexibility index (Phi) is 14.2. The Bertz CT molecular complexity index is 685. The van der Waals surface area contributed by atoms with Crippen LogP contribution in [0.5, 0.6) is 17.2 Å². The maximum atomic E-state index is 11.6. The van der Waals surface area contributed by atoms with Crippen molar-refractivity contribution < 1.29 is 28.9 Å². The summed E-state index contributed by atoms with van der Waals surface area (Å²) < 4.78 is 15.8. The lowest BCUT2D eigenvalue weighted by Crippen LogP contribution is -2.19. The summed E-state index contributed by atoms with van der Waals surface area (Å²) >= 11 is 0. The van der Waals surface area contributed by atoms with E-state index >= 15 is 0 Å². The van der Waals surface area contributed by atoms with Crippen molar-refractivity contribution in [1.29, 1.82) is 0 Å². The molecule has 1 aromatic rings. The molecule has 6 heteroatoms. The largest absolute Gasteiger partial charge is 0.504 e. The molecular formula is C26H42O6. The van der Waals surface area contributed by atoms with Gasteiger partial charge in [-0.1, -0.05) is 71.1 Å². The predicted octanol–water partition coefficient (Wildman–Crippen LogP) is 6.50. The van der Waals surface area contributed by atoms with Crippen molar-refractivity contribution in [3.05, 3.63) is 17.7 Å². The van der Waals surface area contributed by atoms with Crippen LogP contribution in [0.25, 0.3) is 0 Å². The Hall–Kier alpha value is -2.24. The monoisotopic (exact) mass is 450 g/mol. The molecule has 1 atom stereocenters. The molecule has 182 valence electrons. The number of aromatic hydroxyl groups is 1. The second-order valence-electron chi connectivity index (χ2n) is 8.49. The van der Waals surface area contributed by atoms with Gasteiger partial charge in [0.25, 0.3) is 0 Å². The molecule has 0 aliphatic carbocycles. The number of hydrogen-bond donors (Lipinski definition) is 1. The Morgan fingerprint density at radius 3 is 1.94 bits per heavy atom. The maximum Gasteiger partial charge on any atom is 0.308 e. The first-order valence-corrected chi connectivity index (χ1v) is 12.1.